The van der Waals surface area contributed by atoms with E-state index < -0.39 is 108 Å². The van der Waals surface area contributed by atoms with Crippen LogP contribution in [0.25, 0.3) is 0 Å². The average molecular weight is 816 g/mol. The Balaban J connectivity index is 2.13. The molecule has 0 amide bonds. The predicted octanol–water partition coefficient (Wildman–Crippen LogP) is 2.31. The summed E-state index contributed by atoms with van der Waals surface area (Å²) in [4.78, 5) is 29.7. The molecule has 3 aliphatic heterocycles. The number of cyclic esters (lactones) is 1. The van der Waals surface area contributed by atoms with E-state index in [0.29, 0.717) is 6.42 Å². The first kappa shape index (κ1) is 42.9. The van der Waals surface area contributed by atoms with Crippen molar-refractivity contribution in [1.82, 2.24) is 4.90 Å². The smallest absolute Gasteiger partial charge is 0.311 e. The number of methoxy groups -OCH3 is 1. The fourth-order valence-electron chi connectivity index (χ4n) is 7.69. The van der Waals surface area contributed by atoms with Crippen molar-refractivity contribution in [1.29, 1.82) is 0 Å². The van der Waals surface area contributed by atoms with Crippen molar-refractivity contribution in [2.45, 2.75) is 154 Å². The molecular weight excluding hydrogens is 753 g/mol. The Bertz CT molecular complexity index is 1090. The van der Waals surface area contributed by atoms with Crippen molar-refractivity contribution in [2.75, 3.05) is 25.6 Å². The van der Waals surface area contributed by atoms with Crippen molar-refractivity contribution < 1.29 is 58.4 Å². The van der Waals surface area contributed by atoms with E-state index in [1.165, 1.54) is 7.11 Å². The number of ether oxygens (including phenoxy) is 6. The number of hydrogen-bond donors (Lipinski definition) is 4. The molecule has 18 atom stereocenters. The third-order valence-corrected chi connectivity index (χ3v) is 12.4. The third kappa shape index (κ3) is 9.92. The fraction of sp³-hybridized carbons (Fsp3) is 0.943. The fourth-order valence-corrected chi connectivity index (χ4v) is 8.38. The largest absolute Gasteiger partial charge is 0.462 e. The van der Waals surface area contributed by atoms with Crippen LogP contribution in [0.3, 0.4) is 0 Å². The van der Waals surface area contributed by atoms with E-state index in [4.69, 9.17) is 28.4 Å². The number of aliphatic hydroxyl groups excluding tert-OH is 3. The van der Waals surface area contributed by atoms with Crippen LogP contribution in [0.15, 0.2) is 0 Å². The predicted molar refractivity (Wildman–Crippen MR) is 189 cm³/mol. The monoisotopic (exact) mass is 815 g/mol. The first-order valence-electron chi connectivity index (χ1n) is 17.7. The molecule has 0 saturated carbocycles. The Morgan fingerprint density at radius 2 is 1.47 bits per heavy atom. The minimum Gasteiger partial charge on any atom is -0.462 e. The summed E-state index contributed by atoms with van der Waals surface area (Å²) in [5.74, 6) is -4.68. The number of ketones is 1. The highest BCUT2D eigenvalue weighted by Crippen LogP contribution is 2.38. The molecule has 3 fully saturated rings. The standard InChI is InChI=1S/C35H62INO12/c1-16-14-35(43,15-36)32(41)19(4)27(38)18(3)22(7)47-33(42)21(6)31(48-26-13-25(44-11)28(39)23(8)46-26)20(5)30(16)49-34-29(40)24(37(9)10)12-17(2)45-34/h16-31,34,38-40,43H,12-15H2,1-11H3/t16-,17+,18-,19+,20+,21+,22+,23-,24-,25-,26-,27-,28-,29+,30-,31?,34-,35+/m0/s1. The Hall–Kier alpha value is -0.530. The molecule has 49 heavy (non-hydrogen) atoms. The molecule has 0 spiro atoms. The molecule has 4 N–H and O–H groups in total. The lowest BCUT2D eigenvalue weighted by molar-refractivity contribution is -0.299. The topological polar surface area (TPSA) is 174 Å². The molecule has 1 unspecified atom stereocenters. The molecule has 3 aliphatic rings. The normalized spacial score (nSPS) is 48.2. The minimum atomic E-state index is -1.82. The molecule has 0 aromatic heterocycles. The van der Waals surface area contributed by atoms with E-state index in [9.17, 15) is 30.0 Å². The number of halogens is 1. The molecule has 0 aliphatic carbocycles. The van der Waals surface area contributed by atoms with E-state index in [2.05, 4.69) is 0 Å². The Morgan fingerprint density at radius 3 is 2.04 bits per heavy atom. The zero-order valence-corrected chi connectivity index (χ0v) is 33.2. The maximum atomic E-state index is 13.9. The van der Waals surface area contributed by atoms with Crippen LogP contribution in [0.1, 0.15) is 74.7 Å². The summed E-state index contributed by atoms with van der Waals surface area (Å²) in [5, 5.41) is 45.3. The van der Waals surface area contributed by atoms with Crippen LogP contribution in [0.5, 0.6) is 0 Å². The van der Waals surface area contributed by atoms with Gasteiger partial charge in [0.05, 0.1) is 42.5 Å². The number of carbonyl (C=O) groups excluding carboxylic acids is 2. The Labute approximate surface area is 305 Å². The van der Waals surface area contributed by atoms with Crippen LogP contribution in [0, 0.1) is 29.6 Å². The summed E-state index contributed by atoms with van der Waals surface area (Å²) < 4.78 is 37.1. The lowest BCUT2D eigenvalue weighted by Crippen LogP contribution is -2.57. The first-order chi connectivity index (χ1) is 22.8. The molecule has 14 heteroatoms. The highest BCUT2D eigenvalue weighted by atomic mass is 127. The van der Waals surface area contributed by atoms with E-state index in [1.54, 1.807) is 34.6 Å². The highest BCUT2D eigenvalue weighted by molar-refractivity contribution is 14.1. The SMILES string of the molecule is CO[C@H]1C[C@H](OC2[C@@H](C)C(=O)O[C@H](C)[C@H](C)[C@H](O)[C@@H](C)C(=O)[C@](O)(CI)C[C@H](C)[C@H](O[C@@H]3O[C@H](C)C[C@H](N(C)C)[C@H]3O)[C@H]2C)O[C@@H](C)[C@@H]1O. The van der Waals surface area contributed by atoms with Crippen molar-refractivity contribution in [3.63, 3.8) is 0 Å². The second-order valence-electron chi connectivity index (χ2n) is 15.2. The number of aliphatic hydroxyl groups is 4. The minimum absolute atomic E-state index is 0.0271. The number of Topliss-reactive ketones (excluding diaryl/α,β-unsaturated/α-hetero) is 1. The van der Waals surface area contributed by atoms with Crippen molar-refractivity contribution in [3.8, 4) is 0 Å². The number of carbonyl (C=O) groups is 2. The number of nitrogens with zero attached hydrogens (tertiary/aromatic N) is 1. The molecule has 13 nitrogen and oxygen atoms in total. The van der Waals surface area contributed by atoms with Crippen LogP contribution in [0.4, 0.5) is 0 Å². The van der Waals surface area contributed by atoms with Gasteiger partial charge in [-0.25, -0.2) is 0 Å². The van der Waals surface area contributed by atoms with Crippen LogP contribution in [-0.4, -0.2) is 142 Å². The van der Waals surface area contributed by atoms with Gasteiger partial charge in [-0.2, -0.15) is 0 Å². The van der Waals surface area contributed by atoms with Gasteiger partial charge in [-0.15, -0.1) is 0 Å². The van der Waals surface area contributed by atoms with Crippen molar-refractivity contribution in [3.05, 3.63) is 0 Å². The third-order valence-electron chi connectivity index (χ3n) is 11.1. The molecular formula is C35H62INO12. The van der Waals surface area contributed by atoms with Crippen LogP contribution in [-0.2, 0) is 38.0 Å². The van der Waals surface area contributed by atoms with Gasteiger partial charge in [0.25, 0.3) is 0 Å². The first-order valence-corrected chi connectivity index (χ1v) is 19.2. The molecule has 3 heterocycles. The van der Waals surface area contributed by atoms with Gasteiger partial charge in [-0.3, -0.25) is 9.59 Å². The molecule has 0 aromatic carbocycles. The summed E-state index contributed by atoms with van der Waals surface area (Å²) in [6.45, 7) is 14.0. The molecule has 0 radical (unpaired) electrons. The van der Waals surface area contributed by atoms with E-state index in [1.807, 2.05) is 62.4 Å². The van der Waals surface area contributed by atoms with E-state index in [0.717, 1.165) is 0 Å². The van der Waals surface area contributed by atoms with E-state index >= 15 is 0 Å². The number of likely N-dealkylation sites (N-methyl/N-ethyl adjacent to an activating group) is 1. The average Bonchev–Trinajstić information content (AvgIpc) is 3.05. The summed E-state index contributed by atoms with van der Waals surface area (Å²) in [7, 11) is 5.27. The number of alkyl halides is 1. The number of rotatable bonds is 7. The summed E-state index contributed by atoms with van der Waals surface area (Å²) in [5.41, 5.74) is -1.82. The Morgan fingerprint density at radius 1 is 0.837 bits per heavy atom. The second-order valence-corrected chi connectivity index (χ2v) is 15.9. The van der Waals surface area contributed by atoms with Gasteiger partial charge in [0.2, 0.25) is 0 Å². The number of hydrogen-bond acceptors (Lipinski definition) is 13. The summed E-state index contributed by atoms with van der Waals surface area (Å²) >= 11 is 1.99. The van der Waals surface area contributed by atoms with Gasteiger partial charge in [0.15, 0.2) is 18.4 Å². The summed E-state index contributed by atoms with van der Waals surface area (Å²) in [6, 6.07) is -0.257. The van der Waals surface area contributed by atoms with Crippen LogP contribution >= 0.6 is 22.6 Å². The molecule has 3 rings (SSSR count). The maximum Gasteiger partial charge on any atom is 0.311 e. The maximum absolute atomic E-state index is 13.9. The quantitative estimate of drug-likeness (QED) is 0.168. The molecule has 0 bridgehead atoms. The summed E-state index contributed by atoms with van der Waals surface area (Å²) in [6.07, 6.45) is -8.16. The number of esters is 1. The lowest BCUT2D eigenvalue weighted by Gasteiger charge is -2.46. The van der Waals surface area contributed by atoms with Gasteiger partial charge >= 0.3 is 5.97 Å². The van der Waals surface area contributed by atoms with E-state index in [-0.39, 0.29) is 29.4 Å². The van der Waals surface area contributed by atoms with Gasteiger partial charge in [0.1, 0.15) is 23.9 Å². The molecule has 286 valence electrons. The zero-order valence-electron chi connectivity index (χ0n) is 31.0. The van der Waals surface area contributed by atoms with Crippen LogP contribution in [0.2, 0.25) is 0 Å². The van der Waals surface area contributed by atoms with Gasteiger partial charge in [-0.1, -0.05) is 50.3 Å². The molecule has 0 aromatic rings. The van der Waals surface area contributed by atoms with Crippen molar-refractivity contribution >= 4 is 34.3 Å². The highest BCUT2D eigenvalue weighted by Gasteiger charge is 2.50. The van der Waals surface area contributed by atoms with Gasteiger partial charge in [0, 0.05) is 41.8 Å². The van der Waals surface area contributed by atoms with Gasteiger partial charge in [-0.05, 0) is 60.5 Å². The van der Waals surface area contributed by atoms with Crippen LogP contribution < -0.4 is 0 Å². The lowest BCUT2D eigenvalue weighted by atomic mass is 9.75. The molecule has 3 saturated heterocycles. The second kappa shape index (κ2) is 18.0. The Kier molecular flexibility index (Phi) is 15.7. The zero-order chi connectivity index (χ0) is 37.1. The van der Waals surface area contributed by atoms with Gasteiger partial charge < -0.3 is 53.7 Å². The van der Waals surface area contributed by atoms with Crippen molar-refractivity contribution in [2.24, 2.45) is 29.6 Å².